The van der Waals surface area contributed by atoms with Gasteiger partial charge in [-0.1, -0.05) is 18.2 Å². The summed E-state index contributed by atoms with van der Waals surface area (Å²) in [5, 5.41) is 17.3. The molecule has 3 rings (SSSR count). The third-order valence-electron chi connectivity index (χ3n) is 3.69. The van der Waals surface area contributed by atoms with E-state index in [0.29, 0.717) is 16.3 Å². The van der Waals surface area contributed by atoms with Crippen LogP contribution < -0.4 is 40.0 Å². The van der Waals surface area contributed by atoms with Crippen molar-refractivity contribution in [2.75, 3.05) is 0 Å². The average Bonchev–Trinajstić information content (AvgIpc) is 3.08. The van der Waals surface area contributed by atoms with Crippen molar-refractivity contribution in [2.24, 2.45) is 0 Å². The topological polar surface area (TPSA) is 69.2 Å². The fraction of sp³-hybridized carbons (Fsp3) is 0.176. The van der Waals surface area contributed by atoms with Crippen molar-refractivity contribution < 1.29 is 44.3 Å². The third-order valence-corrected chi connectivity index (χ3v) is 5.72. The van der Waals surface area contributed by atoms with E-state index >= 15 is 0 Å². The number of carbonyl (C=O) groups excluding carboxylic acids is 2. The van der Waals surface area contributed by atoms with Crippen LogP contribution in [0.25, 0.3) is 10.1 Å². The van der Waals surface area contributed by atoms with Gasteiger partial charge in [0.15, 0.2) is 0 Å². The van der Waals surface area contributed by atoms with Gasteiger partial charge in [0.25, 0.3) is 5.91 Å². The zero-order chi connectivity index (χ0) is 16.6. The van der Waals surface area contributed by atoms with Crippen LogP contribution in [0.5, 0.6) is 0 Å². The molecular weight excluding hydrogens is 353 g/mol. The molecule has 2 heterocycles. The summed E-state index contributed by atoms with van der Waals surface area (Å²) in [7, 11) is 0. The molecule has 24 heavy (non-hydrogen) atoms. The maximum absolute atomic E-state index is 12.5. The number of fused-ring (bicyclic) bond motifs is 1. The molecule has 0 bridgehead atoms. The van der Waals surface area contributed by atoms with Crippen LogP contribution in [0.2, 0.25) is 0 Å². The number of rotatable bonds is 4. The van der Waals surface area contributed by atoms with E-state index < -0.39 is 5.97 Å². The van der Waals surface area contributed by atoms with E-state index in [0.717, 1.165) is 15.6 Å². The van der Waals surface area contributed by atoms with Crippen LogP contribution in [0.15, 0.2) is 29.6 Å². The largest absolute Gasteiger partial charge is 1.00 e. The van der Waals surface area contributed by atoms with Crippen molar-refractivity contribution in [1.82, 2.24) is 5.32 Å². The van der Waals surface area contributed by atoms with Crippen molar-refractivity contribution in [1.29, 1.82) is 0 Å². The molecule has 0 saturated heterocycles. The number of carboxylic acids is 1. The van der Waals surface area contributed by atoms with Crippen LogP contribution in [0.3, 0.4) is 0 Å². The van der Waals surface area contributed by atoms with Gasteiger partial charge in [-0.3, -0.25) is 4.79 Å². The van der Waals surface area contributed by atoms with Crippen molar-refractivity contribution in [2.45, 2.75) is 20.4 Å². The van der Waals surface area contributed by atoms with E-state index in [9.17, 15) is 14.7 Å². The van der Waals surface area contributed by atoms with Gasteiger partial charge in [-0.15, -0.1) is 22.7 Å². The van der Waals surface area contributed by atoms with E-state index in [-0.39, 0.29) is 46.6 Å². The van der Waals surface area contributed by atoms with Crippen molar-refractivity contribution >= 4 is 44.6 Å². The molecule has 0 aliphatic heterocycles. The van der Waals surface area contributed by atoms with Crippen molar-refractivity contribution in [3.63, 3.8) is 0 Å². The molecular formula is C17H14NNaO3S2. The number of carboxylic acid groups (broad SMARTS) is 1. The van der Waals surface area contributed by atoms with Gasteiger partial charge in [-0.25, -0.2) is 0 Å². The Kier molecular flexibility index (Phi) is 6.22. The van der Waals surface area contributed by atoms with Gasteiger partial charge in [-0.05, 0) is 36.2 Å². The number of amides is 1. The van der Waals surface area contributed by atoms with E-state index in [1.165, 1.54) is 11.3 Å². The predicted octanol–water partition coefficient (Wildman–Crippen LogP) is -0.123. The van der Waals surface area contributed by atoms with Gasteiger partial charge < -0.3 is 15.2 Å². The number of carbonyl (C=O) groups is 2. The van der Waals surface area contributed by atoms with Crippen LogP contribution >= 0.6 is 22.7 Å². The van der Waals surface area contributed by atoms with Crippen LogP contribution in [0, 0.1) is 13.8 Å². The fourth-order valence-electron chi connectivity index (χ4n) is 2.66. The average molecular weight is 367 g/mol. The van der Waals surface area contributed by atoms with Crippen LogP contribution in [-0.2, 0) is 6.54 Å². The summed E-state index contributed by atoms with van der Waals surface area (Å²) < 4.78 is 1.13. The Balaban J connectivity index is 0.00000208. The first-order valence-corrected chi connectivity index (χ1v) is 8.73. The molecule has 2 aromatic heterocycles. The fourth-order valence-corrected chi connectivity index (χ4v) is 4.62. The maximum Gasteiger partial charge on any atom is 1.00 e. The molecule has 1 N–H and O–H groups in total. The number of hydrogen-bond donors (Lipinski definition) is 1. The zero-order valence-corrected chi connectivity index (χ0v) is 17.3. The second-order valence-electron chi connectivity index (χ2n) is 5.19. The zero-order valence-electron chi connectivity index (χ0n) is 13.6. The van der Waals surface area contributed by atoms with Crippen LogP contribution in [0.1, 0.15) is 36.0 Å². The standard InChI is InChI=1S/C17H15NO3S2.Na/c1-9-13(14(17(20)21)10(2)23-9)16(19)18-8-12-5-3-4-11-6-7-22-15(11)12;/h3-7H,8H2,1-2H3,(H,18,19)(H,20,21);/q;+1/p-1. The molecule has 0 aliphatic rings. The first kappa shape index (κ1) is 19.1. The summed E-state index contributed by atoms with van der Waals surface area (Å²) in [4.78, 5) is 25.0. The molecule has 7 heteroatoms. The summed E-state index contributed by atoms with van der Waals surface area (Å²) in [6.45, 7) is 3.79. The molecule has 3 aromatic rings. The summed E-state index contributed by atoms with van der Waals surface area (Å²) in [6.07, 6.45) is 0. The van der Waals surface area contributed by atoms with Crippen LogP contribution in [0.4, 0.5) is 0 Å². The molecule has 0 saturated carbocycles. The Morgan fingerprint density at radius 2 is 1.83 bits per heavy atom. The third kappa shape index (κ3) is 3.58. The second kappa shape index (κ2) is 7.80. The minimum atomic E-state index is -1.31. The Labute approximate surface area is 169 Å². The predicted molar refractivity (Wildman–Crippen MR) is 91.1 cm³/mol. The number of aryl methyl sites for hydroxylation is 2. The Morgan fingerprint density at radius 3 is 2.54 bits per heavy atom. The second-order valence-corrected chi connectivity index (χ2v) is 7.54. The molecule has 0 fully saturated rings. The number of aromatic carboxylic acids is 1. The molecule has 1 aromatic carbocycles. The Bertz CT molecular complexity index is 914. The van der Waals surface area contributed by atoms with E-state index in [2.05, 4.69) is 5.32 Å². The molecule has 0 atom stereocenters. The monoisotopic (exact) mass is 367 g/mol. The first-order chi connectivity index (χ1) is 11.0. The normalized spacial score (nSPS) is 10.4. The minimum absolute atomic E-state index is 0. The molecule has 0 spiro atoms. The van der Waals surface area contributed by atoms with Gasteiger partial charge in [0.2, 0.25) is 0 Å². The first-order valence-electron chi connectivity index (χ1n) is 7.03. The Morgan fingerprint density at radius 1 is 1.12 bits per heavy atom. The van der Waals surface area contributed by atoms with Gasteiger partial charge in [0, 0.05) is 26.6 Å². The summed E-state index contributed by atoms with van der Waals surface area (Å²) >= 11 is 2.92. The van der Waals surface area contributed by atoms with Gasteiger partial charge in [0.05, 0.1) is 11.5 Å². The van der Waals surface area contributed by atoms with Crippen LogP contribution in [-0.4, -0.2) is 11.9 Å². The van der Waals surface area contributed by atoms with E-state index in [1.54, 1.807) is 25.2 Å². The van der Waals surface area contributed by atoms with Crippen molar-refractivity contribution in [3.8, 4) is 0 Å². The molecule has 4 nitrogen and oxygen atoms in total. The summed E-state index contributed by atoms with van der Waals surface area (Å²) in [5.74, 6) is -1.68. The molecule has 0 unspecified atom stereocenters. The number of benzene rings is 1. The van der Waals surface area contributed by atoms with Gasteiger partial charge in [-0.2, -0.15) is 0 Å². The SMILES string of the molecule is Cc1sc(C)c(C(=O)NCc2cccc3ccsc23)c1C(=O)[O-].[Na+]. The number of nitrogens with one attached hydrogen (secondary N) is 1. The quantitative estimate of drug-likeness (QED) is 0.654. The molecule has 118 valence electrons. The molecule has 0 aliphatic carbocycles. The van der Waals surface area contributed by atoms with Crippen molar-refractivity contribution in [3.05, 3.63) is 56.1 Å². The minimum Gasteiger partial charge on any atom is -0.545 e. The smallest absolute Gasteiger partial charge is 0.545 e. The van der Waals surface area contributed by atoms with Gasteiger partial charge >= 0.3 is 29.6 Å². The number of hydrogen-bond acceptors (Lipinski definition) is 5. The molecule has 0 radical (unpaired) electrons. The summed E-state index contributed by atoms with van der Waals surface area (Å²) in [6, 6.07) is 7.97. The summed E-state index contributed by atoms with van der Waals surface area (Å²) in [5.41, 5.74) is 1.23. The van der Waals surface area contributed by atoms with Gasteiger partial charge in [0.1, 0.15) is 0 Å². The van der Waals surface area contributed by atoms with E-state index in [4.69, 9.17) is 0 Å². The Hall–Kier alpha value is -1.18. The molecule has 1 amide bonds. The number of thiophene rings is 2. The van der Waals surface area contributed by atoms with E-state index in [1.807, 2.05) is 29.6 Å². The maximum atomic E-state index is 12.5.